The first-order valence-corrected chi connectivity index (χ1v) is 10.1. The summed E-state index contributed by atoms with van der Waals surface area (Å²) >= 11 is 1.36. The zero-order valence-electron chi connectivity index (χ0n) is 16.4. The van der Waals surface area contributed by atoms with Gasteiger partial charge in [0.15, 0.2) is 10.6 Å². The van der Waals surface area contributed by atoms with Gasteiger partial charge in [0.05, 0.1) is 16.8 Å². The second-order valence-electron chi connectivity index (χ2n) is 6.75. The molecular weight excluding hydrogens is 388 g/mol. The van der Waals surface area contributed by atoms with E-state index in [1.54, 1.807) is 23.6 Å². The normalized spacial score (nSPS) is 12.0. The number of thiazole rings is 1. The van der Waals surface area contributed by atoms with Gasteiger partial charge in [0, 0.05) is 5.39 Å². The van der Waals surface area contributed by atoms with Crippen molar-refractivity contribution >= 4 is 44.4 Å². The van der Waals surface area contributed by atoms with E-state index < -0.39 is 5.91 Å². The lowest BCUT2D eigenvalue weighted by molar-refractivity contribution is -0.143. The van der Waals surface area contributed by atoms with Gasteiger partial charge in [-0.05, 0) is 56.2 Å². The molecule has 0 spiro atoms. The Balaban J connectivity index is 1.84. The molecule has 7 heteroatoms. The number of hydrogen-bond acceptors (Lipinski definition) is 5. The SMILES string of the molecule is CCOC(=O)Cn1c(=NC(=O)c2cc3ccccc3o2)sc2cc(C)c(C)cc21. The molecule has 2 aromatic carbocycles. The lowest BCUT2D eigenvalue weighted by atomic mass is 10.1. The van der Waals surface area contributed by atoms with Crippen LogP contribution >= 0.6 is 11.3 Å². The van der Waals surface area contributed by atoms with Gasteiger partial charge in [-0.3, -0.25) is 9.59 Å². The van der Waals surface area contributed by atoms with Crippen LogP contribution in [0, 0.1) is 13.8 Å². The standard InChI is InChI=1S/C22H20N2O4S/c1-4-27-20(25)12-24-16-9-13(2)14(3)10-19(16)29-22(24)23-21(26)18-11-15-7-5-6-8-17(15)28-18/h5-11H,4,12H2,1-3H3. The highest BCUT2D eigenvalue weighted by atomic mass is 32.1. The summed E-state index contributed by atoms with van der Waals surface area (Å²) in [7, 11) is 0. The molecule has 29 heavy (non-hydrogen) atoms. The predicted octanol–water partition coefficient (Wildman–Crippen LogP) is 4.37. The van der Waals surface area contributed by atoms with Crippen LogP contribution in [0.1, 0.15) is 28.6 Å². The van der Waals surface area contributed by atoms with E-state index in [4.69, 9.17) is 9.15 Å². The number of carbonyl (C=O) groups excluding carboxylic acids is 2. The van der Waals surface area contributed by atoms with Crippen molar-refractivity contribution in [3.8, 4) is 0 Å². The molecule has 0 aliphatic carbocycles. The van der Waals surface area contributed by atoms with Crippen LogP contribution in [0.5, 0.6) is 0 Å². The predicted molar refractivity (Wildman–Crippen MR) is 112 cm³/mol. The first-order chi connectivity index (χ1) is 14.0. The number of esters is 1. The maximum atomic E-state index is 12.8. The van der Waals surface area contributed by atoms with Crippen molar-refractivity contribution < 1.29 is 18.7 Å². The minimum Gasteiger partial charge on any atom is -0.465 e. The molecule has 0 bridgehead atoms. The third-order valence-corrected chi connectivity index (χ3v) is 5.77. The molecule has 0 aliphatic rings. The van der Waals surface area contributed by atoms with Crippen molar-refractivity contribution in [2.24, 2.45) is 4.99 Å². The lowest BCUT2D eigenvalue weighted by Gasteiger charge is -2.06. The van der Waals surface area contributed by atoms with Gasteiger partial charge in [-0.15, -0.1) is 0 Å². The van der Waals surface area contributed by atoms with Crippen molar-refractivity contribution in [1.29, 1.82) is 0 Å². The van der Waals surface area contributed by atoms with Crippen molar-refractivity contribution in [3.05, 3.63) is 64.2 Å². The van der Waals surface area contributed by atoms with E-state index in [-0.39, 0.29) is 18.3 Å². The van der Waals surface area contributed by atoms with E-state index in [1.165, 1.54) is 11.3 Å². The summed E-state index contributed by atoms with van der Waals surface area (Å²) in [6.07, 6.45) is 0. The second-order valence-corrected chi connectivity index (χ2v) is 7.75. The Morgan fingerprint density at radius 3 is 2.66 bits per heavy atom. The maximum absolute atomic E-state index is 12.8. The minimum absolute atomic E-state index is 0.0113. The van der Waals surface area contributed by atoms with Crippen molar-refractivity contribution in [3.63, 3.8) is 0 Å². The quantitative estimate of drug-likeness (QED) is 0.470. The van der Waals surface area contributed by atoms with Crippen molar-refractivity contribution in [1.82, 2.24) is 4.57 Å². The van der Waals surface area contributed by atoms with Crippen LogP contribution in [0.2, 0.25) is 0 Å². The van der Waals surface area contributed by atoms with E-state index in [0.29, 0.717) is 17.0 Å². The molecule has 148 valence electrons. The zero-order chi connectivity index (χ0) is 20.5. The molecule has 0 radical (unpaired) electrons. The monoisotopic (exact) mass is 408 g/mol. The van der Waals surface area contributed by atoms with Crippen molar-refractivity contribution in [2.75, 3.05) is 6.61 Å². The number of ether oxygens (including phenoxy) is 1. The third kappa shape index (κ3) is 3.73. The van der Waals surface area contributed by atoms with Gasteiger partial charge < -0.3 is 13.7 Å². The number of carbonyl (C=O) groups is 2. The van der Waals surface area contributed by atoms with Crippen LogP contribution in [-0.4, -0.2) is 23.1 Å². The van der Waals surface area contributed by atoms with Gasteiger partial charge in [-0.1, -0.05) is 29.5 Å². The molecule has 0 aliphatic heterocycles. The van der Waals surface area contributed by atoms with Gasteiger partial charge in [-0.2, -0.15) is 4.99 Å². The third-order valence-electron chi connectivity index (χ3n) is 4.72. The number of rotatable bonds is 4. The Morgan fingerprint density at radius 2 is 1.90 bits per heavy atom. The highest BCUT2D eigenvalue weighted by Crippen LogP contribution is 2.23. The van der Waals surface area contributed by atoms with Crippen molar-refractivity contribution in [2.45, 2.75) is 27.3 Å². The first-order valence-electron chi connectivity index (χ1n) is 9.30. The molecule has 6 nitrogen and oxygen atoms in total. The van der Waals surface area contributed by atoms with Gasteiger partial charge in [-0.25, -0.2) is 0 Å². The Hall–Kier alpha value is -3.19. The molecular formula is C22H20N2O4S. The van der Waals surface area contributed by atoms with Gasteiger partial charge in [0.25, 0.3) is 0 Å². The minimum atomic E-state index is -0.487. The molecule has 0 fully saturated rings. The summed E-state index contributed by atoms with van der Waals surface area (Å²) in [6, 6.07) is 13.1. The summed E-state index contributed by atoms with van der Waals surface area (Å²) in [4.78, 5) is 29.6. The first kappa shape index (κ1) is 19.1. The van der Waals surface area contributed by atoms with Crippen LogP contribution in [-0.2, 0) is 16.1 Å². The molecule has 0 saturated carbocycles. The van der Waals surface area contributed by atoms with E-state index in [2.05, 4.69) is 4.99 Å². The summed E-state index contributed by atoms with van der Waals surface area (Å²) < 4.78 is 13.4. The molecule has 1 amide bonds. The number of aromatic nitrogens is 1. The fourth-order valence-corrected chi connectivity index (χ4v) is 4.23. The molecule has 2 aromatic heterocycles. The number of para-hydroxylation sites is 1. The highest BCUT2D eigenvalue weighted by molar-refractivity contribution is 7.16. The topological polar surface area (TPSA) is 73.8 Å². The van der Waals surface area contributed by atoms with E-state index in [9.17, 15) is 9.59 Å². The number of aryl methyl sites for hydroxylation is 2. The Labute approximate surface area is 171 Å². The van der Waals surface area contributed by atoms with Gasteiger partial charge in [0.2, 0.25) is 0 Å². The summed E-state index contributed by atoms with van der Waals surface area (Å²) in [5.74, 6) is -0.694. The Kier molecular flexibility index (Phi) is 5.07. The molecule has 0 N–H and O–H groups in total. The molecule has 4 aromatic rings. The number of amides is 1. The number of hydrogen-bond donors (Lipinski definition) is 0. The van der Waals surface area contributed by atoms with Gasteiger partial charge >= 0.3 is 11.9 Å². The summed E-state index contributed by atoms with van der Waals surface area (Å²) in [5, 5.41) is 0.841. The summed E-state index contributed by atoms with van der Waals surface area (Å²) in [6.45, 7) is 6.09. The van der Waals surface area contributed by atoms with Crippen LogP contribution < -0.4 is 4.80 Å². The molecule has 2 heterocycles. The number of nitrogens with zero attached hydrogens (tertiary/aromatic N) is 2. The van der Waals surface area contributed by atoms with Crippen LogP contribution in [0.15, 0.2) is 51.9 Å². The number of benzene rings is 2. The lowest BCUT2D eigenvalue weighted by Crippen LogP contribution is -2.23. The average molecular weight is 408 g/mol. The Bertz CT molecular complexity index is 1280. The molecule has 0 unspecified atom stereocenters. The fraction of sp³-hybridized carbons (Fsp3) is 0.227. The van der Waals surface area contributed by atoms with Gasteiger partial charge in [0.1, 0.15) is 12.1 Å². The number of furan rings is 1. The second kappa shape index (κ2) is 7.67. The highest BCUT2D eigenvalue weighted by Gasteiger charge is 2.16. The largest absolute Gasteiger partial charge is 0.465 e. The van der Waals surface area contributed by atoms with Crippen LogP contribution in [0.25, 0.3) is 21.2 Å². The van der Waals surface area contributed by atoms with E-state index in [1.807, 2.05) is 44.2 Å². The molecule has 0 saturated heterocycles. The van der Waals surface area contributed by atoms with Crippen LogP contribution in [0.3, 0.4) is 0 Å². The summed E-state index contributed by atoms with van der Waals surface area (Å²) in [5.41, 5.74) is 3.72. The molecule has 4 rings (SSSR count). The van der Waals surface area contributed by atoms with E-state index in [0.717, 1.165) is 26.7 Å². The zero-order valence-corrected chi connectivity index (χ0v) is 17.2. The van der Waals surface area contributed by atoms with E-state index >= 15 is 0 Å². The molecule has 0 atom stereocenters. The Morgan fingerprint density at radius 1 is 1.14 bits per heavy atom. The van der Waals surface area contributed by atoms with Crippen LogP contribution in [0.4, 0.5) is 0 Å². The number of fused-ring (bicyclic) bond motifs is 2. The average Bonchev–Trinajstić information content (AvgIpc) is 3.25. The fourth-order valence-electron chi connectivity index (χ4n) is 3.12. The maximum Gasteiger partial charge on any atom is 0.326 e. The smallest absolute Gasteiger partial charge is 0.326 e.